The molecule has 2 heteroatoms. The van der Waals surface area contributed by atoms with Gasteiger partial charge in [0, 0.05) is 33.6 Å². The van der Waals surface area contributed by atoms with Crippen LogP contribution >= 0.6 is 0 Å². The van der Waals surface area contributed by atoms with Gasteiger partial charge in [-0.1, -0.05) is 178 Å². The van der Waals surface area contributed by atoms with Crippen LogP contribution in [-0.2, 0) is 10.8 Å². The van der Waals surface area contributed by atoms with Crippen molar-refractivity contribution in [1.29, 1.82) is 0 Å². The highest BCUT2D eigenvalue weighted by Gasteiger charge is 2.49. The highest BCUT2D eigenvalue weighted by Crippen LogP contribution is 2.61. The second-order valence-electron chi connectivity index (χ2n) is 16.8. The van der Waals surface area contributed by atoms with Crippen LogP contribution in [0.15, 0.2) is 212 Å². The van der Waals surface area contributed by atoms with Gasteiger partial charge in [-0.2, -0.15) is 0 Å². The van der Waals surface area contributed by atoms with Gasteiger partial charge in [0.1, 0.15) is 11.5 Å². The summed E-state index contributed by atoms with van der Waals surface area (Å²) in [7, 11) is 0. The molecule has 2 aliphatic carbocycles. The van der Waals surface area contributed by atoms with E-state index in [2.05, 4.69) is 231 Å². The lowest BCUT2D eigenvalue weighted by atomic mass is 9.62. The first-order valence-corrected chi connectivity index (χ1v) is 20.9. The summed E-state index contributed by atoms with van der Waals surface area (Å²) in [4.78, 5) is 2.44. The molecule has 0 atom stereocenters. The van der Waals surface area contributed by atoms with Crippen LogP contribution < -0.4 is 9.64 Å². The van der Waals surface area contributed by atoms with E-state index in [1.807, 2.05) is 0 Å². The molecular weight excluding hydrogens is 727 g/mol. The number of hydrogen-bond acceptors (Lipinski definition) is 2. The molecule has 0 amide bonds. The third-order valence-electron chi connectivity index (χ3n) is 13.4. The molecule has 0 N–H and O–H groups in total. The van der Waals surface area contributed by atoms with Crippen molar-refractivity contribution in [3.63, 3.8) is 0 Å². The molecule has 0 saturated heterocycles. The van der Waals surface area contributed by atoms with E-state index in [1.54, 1.807) is 0 Å². The van der Waals surface area contributed by atoms with E-state index in [1.165, 1.54) is 66.8 Å². The highest BCUT2D eigenvalue weighted by atomic mass is 16.5. The van der Waals surface area contributed by atoms with Crippen molar-refractivity contribution in [2.24, 2.45) is 0 Å². The summed E-state index contributed by atoms with van der Waals surface area (Å²) in [5.74, 6) is 1.74. The van der Waals surface area contributed by atoms with Gasteiger partial charge >= 0.3 is 0 Å². The summed E-state index contributed by atoms with van der Waals surface area (Å²) in [6, 6.07) is 78.0. The Morgan fingerprint density at radius 2 is 0.750 bits per heavy atom. The molecule has 0 fully saturated rings. The maximum atomic E-state index is 6.97. The number of fused-ring (bicyclic) bond motifs is 14. The monoisotopic (exact) mass is 767 g/mol. The Hall–Kier alpha value is -7.42. The van der Waals surface area contributed by atoms with Gasteiger partial charge in [-0.3, -0.25) is 0 Å². The number of anilines is 3. The molecule has 3 aliphatic rings. The van der Waals surface area contributed by atoms with Crippen LogP contribution in [0.25, 0.3) is 44.5 Å². The Bertz CT molecular complexity index is 3090. The smallest absolute Gasteiger partial charge is 0.132 e. The minimum atomic E-state index is -0.698. The van der Waals surface area contributed by atoms with E-state index in [-0.39, 0.29) is 5.41 Å². The lowest BCUT2D eigenvalue weighted by molar-refractivity contribution is 0.435. The largest absolute Gasteiger partial charge is 0.457 e. The van der Waals surface area contributed by atoms with Gasteiger partial charge in [0.2, 0.25) is 0 Å². The predicted octanol–water partition coefficient (Wildman–Crippen LogP) is 15.3. The standard InChI is InChI=1S/C58H41NO/c1-57(2)49-23-11-8-22-47(49)48-34-32-41(36-53(48)57)59(40-30-28-39(29-31-40)38-16-4-3-5-17-38)42-33-35-56-54(37-42)58(52-26-14-15-27-55(52)60-56)50-24-12-9-20-45(50)43-18-6-7-19-44(43)46-21-10-13-25-51(46)58/h3-37H,1-2H3. The van der Waals surface area contributed by atoms with Crippen molar-refractivity contribution < 1.29 is 4.74 Å². The fraction of sp³-hybridized carbons (Fsp3) is 0.0690. The minimum absolute atomic E-state index is 0.148. The summed E-state index contributed by atoms with van der Waals surface area (Å²) in [6.45, 7) is 4.72. The third-order valence-corrected chi connectivity index (χ3v) is 13.4. The van der Waals surface area contributed by atoms with Crippen molar-refractivity contribution in [2.75, 3.05) is 4.90 Å². The Morgan fingerprint density at radius 3 is 1.40 bits per heavy atom. The predicted molar refractivity (Wildman–Crippen MR) is 247 cm³/mol. The Balaban J connectivity index is 1.13. The number of hydrogen-bond donors (Lipinski definition) is 0. The fourth-order valence-corrected chi connectivity index (χ4v) is 10.6. The molecule has 12 rings (SSSR count). The van der Waals surface area contributed by atoms with Crippen LogP contribution in [0.1, 0.15) is 47.2 Å². The van der Waals surface area contributed by atoms with Crippen LogP contribution in [0.2, 0.25) is 0 Å². The van der Waals surface area contributed by atoms with E-state index in [4.69, 9.17) is 4.74 Å². The third kappa shape index (κ3) is 4.88. The van der Waals surface area contributed by atoms with E-state index in [0.29, 0.717) is 0 Å². The summed E-state index contributed by atoms with van der Waals surface area (Å²) in [5, 5.41) is 0. The summed E-state index contributed by atoms with van der Waals surface area (Å²) in [6.07, 6.45) is 0. The SMILES string of the molecule is CC1(C)c2ccccc2-c2ccc(N(c3ccc(-c4ccccc4)cc3)c3ccc4c(c3)C3(c5ccccc5O4)c4ccccc4-c4ccccc4-c4ccccc43)cc21. The van der Waals surface area contributed by atoms with Crippen molar-refractivity contribution in [3.8, 4) is 56.0 Å². The topological polar surface area (TPSA) is 12.5 Å². The summed E-state index contributed by atoms with van der Waals surface area (Å²) >= 11 is 0. The van der Waals surface area contributed by atoms with Gasteiger partial charge in [-0.15, -0.1) is 0 Å². The zero-order valence-electron chi connectivity index (χ0n) is 33.6. The van der Waals surface area contributed by atoms with Crippen molar-refractivity contribution in [2.45, 2.75) is 24.7 Å². The fourth-order valence-electron chi connectivity index (χ4n) is 10.6. The van der Waals surface area contributed by atoms with Crippen LogP contribution in [0, 0.1) is 0 Å². The molecule has 2 nitrogen and oxygen atoms in total. The van der Waals surface area contributed by atoms with Gasteiger partial charge in [0.15, 0.2) is 0 Å². The normalized spacial score (nSPS) is 14.2. The molecule has 9 aromatic carbocycles. The average molecular weight is 768 g/mol. The first-order valence-electron chi connectivity index (χ1n) is 20.9. The van der Waals surface area contributed by atoms with Crippen molar-refractivity contribution in [3.05, 3.63) is 246 Å². The Kier molecular flexibility index (Phi) is 7.52. The maximum absolute atomic E-state index is 6.97. The van der Waals surface area contributed by atoms with Crippen LogP contribution in [0.5, 0.6) is 11.5 Å². The molecule has 0 bridgehead atoms. The number of benzene rings is 9. The average Bonchev–Trinajstić information content (AvgIpc) is 3.47. The molecule has 284 valence electrons. The highest BCUT2D eigenvalue weighted by molar-refractivity contribution is 5.94. The molecule has 1 aliphatic heterocycles. The van der Waals surface area contributed by atoms with Gasteiger partial charge < -0.3 is 9.64 Å². The first-order chi connectivity index (χ1) is 29.5. The molecule has 0 unspecified atom stereocenters. The molecule has 1 spiro atoms. The van der Waals surface area contributed by atoms with Gasteiger partial charge in [0.25, 0.3) is 0 Å². The van der Waals surface area contributed by atoms with E-state index >= 15 is 0 Å². The molecule has 1 heterocycles. The maximum Gasteiger partial charge on any atom is 0.132 e. The molecule has 0 aromatic heterocycles. The van der Waals surface area contributed by atoms with Gasteiger partial charge in [0.05, 0.1) is 5.41 Å². The second-order valence-corrected chi connectivity index (χ2v) is 16.8. The summed E-state index contributed by atoms with van der Waals surface area (Å²) < 4.78 is 6.97. The second kappa shape index (κ2) is 13.0. The lowest BCUT2D eigenvalue weighted by Crippen LogP contribution is -2.35. The molecule has 0 radical (unpaired) electrons. The zero-order valence-corrected chi connectivity index (χ0v) is 33.6. The molecular formula is C58H41NO. The van der Waals surface area contributed by atoms with Crippen molar-refractivity contribution >= 4 is 17.1 Å². The number of rotatable bonds is 4. The van der Waals surface area contributed by atoms with Gasteiger partial charge in [-0.25, -0.2) is 0 Å². The van der Waals surface area contributed by atoms with Crippen LogP contribution in [-0.4, -0.2) is 0 Å². The molecule has 0 saturated carbocycles. The van der Waals surface area contributed by atoms with E-state index in [9.17, 15) is 0 Å². The Morgan fingerprint density at radius 1 is 0.317 bits per heavy atom. The zero-order chi connectivity index (χ0) is 40.0. The lowest BCUT2D eigenvalue weighted by Gasteiger charge is -2.43. The number of para-hydroxylation sites is 1. The van der Waals surface area contributed by atoms with E-state index in [0.717, 1.165) is 39.7 Å². The molecule has 9 aromatic rings. The van der Waals surface area contributed by atoms with Crippen LogP contribution in [0.3, 0.4) is 0 Å². The van der Waals surface area contributed by atoms with Gasteiger partial charge in [-0.05, 0) is 115 Å². The quantitative estimate of drug-likeness (QED) is 0.177. The first kappa shape index (κ1) is 34.6. The van der Waals surface area contributed by atoms with Crippen LogP contribution in [0.4, 0.5) is 17.1 Å². The number of ether oxygens (including phenoxy) is 1. The number of nitrogens with zero attached hydrogens (tertiary/aromatic N) is 1. The minimum Gasteiger partial charge on any atom is -0.457 e. The van der Waals surface area contributed by atoms with E-state index < -0.39 is 5.41 Å². The molecule has 60 heavy (non-hydrogen) atoms. The summed E-state index contributed by atoms with van der Waals surface area (Å²) in [5.41, 5.74) is 19.8. The van der Waals surface area contributed by atoms with Crippen molar-refractivity contribution in [1.82, 2.24) is 0 Å². The Labute approximate surface area is 351 Å².